The largest absolute Gasteiger partial charge is 0.480 e. The minimum atomic E-state index is -1.55. The first-order valence-corrected chi connectivity index (χ1v) is 9.22. The standard InChI is InChI=1S/C16H30N8O7/c1-7(25)12(18)14(29)24-8(3-2-4-21-16(19)20)13(28)22-6-11(27)23-9(15(30)31)5-10(17)26/h7-9,12,25H,2-6,18H2,1H3,(H2,17,26)(H,22,28)(H,23,27)(H,24,29)(H,30,31)(H4,19,20,21). The predicted octanol–water partition coefficient (Wildman–Crippen LogP) is -5.21. The SMILES string of the molecule is CC(O)C(N)C(=O)NC(CCCN=C(N)N)C(=O)NCC(=O)NC(CC(N)=O)C(=O)O. The second-order valence-corrected chi connectivity index (χ2v) is 6.62. The summed E-state index contributed by atoms with van der Waals surface area (Å²) in [5.74, 6) is -5.03. The number of carboxylic acids is 1. The van der Waals surface area contributed by atoms with E-state index in [1.54, 1.807) is 0 Å². The lowest BCUT2D eigenvalue weighted by molar-refractivity contribution is -0.143. The molecule has 4 amide bonds. The Morgan fingerprint density at radius 2 is 1.61 bits per heavy atom. The minimum absolute atomic E-state index is 0.0714. The quantitative estimate of drug-likeness (QED) is 0.0694. The van der Waals surface area contributed by atoms with Gasteiger partial charge in [0.2, 0.25) is 23.6 Å². The molecule has 0 spiro atoms. The molecule has 0 aromatic heterocycles. The summed E-state index contributed by atoms with van der Waals surface area (Å²) in [5, 5.41) is 25.0. The number of aliphatic hydroxyl groups is 1. The van der Waals surface area contributed by atoms with Crippen LogP contribution in [0.15, 0.2) is 4.99 Å². The highest BCUT2D eigenvalue weighted by Crippen LogP contribution is 2.01. The number of carboxylic acid groups (broad SMARTS) is 1. The van der Waals surface area contributed by atoms with Gasteiger partial charge in [0.1, 0.15) is 18.1 Å². The maximum Gasteiger partial charge on any atom is 0.326 e. The fourth-order valence-electron chi connectivity index (χ4n) is 2.20. The zero-order valence-electron chi connectivity index (χ0n) is 17.0. The van der Waals surface area contributed by atoms with Crippen molar-refractivity contribution in [1.29, 1.82) is 0 Å². The summed E-state index contributed by atoms with van der Waals surface area (Å²) in [7, 11) is 0. The molecule has 15 heteroatoms. The Balaban J connectivity index is 4.97. The Bertz CT molecular complexity index is 693. The van der Waals surface area contributed by atoms with Gasteiger partial charge in [0.25, 0.3) is 0 Å². The van der Waals surface area contributed by atoms with E-state index in [1.165, 1.54) is 6.92 Å². The number of amides is 4. The minimum Gasteiger partial charge on any atom is -0.480 e. The van der Waals surface area contributed by atoms with Crippen molar-refractivity contribution in [3.05, 3.63) is 0 Å². The fraction of sp³-hybridized carbons (Fsp3) is 0.625. The van der Waals surface area contributed by atoms with Gasteiger partial charge in [0, 0.05) is 6.54 Å². The van der Waals surface area contributed by atoms with Crippen LogP contribution >= 0.6 is 0 Å². The Hall–Kier alpha value is -3.46. The monoisotopic (exact) mass is 446 g/mol. The second kappa shape index (κ2) is 13.7. The summed E-state index contributed by atoms with van der Waals surface area (Å²) in [4.78, 5) is 62.0. The topological polar surface area (TPSA) is 278 Å². The number of hydrogen-bond acceptors (Lipinski definition) is 8. The van der Waals surface area contributed by atoms with Crippen molar-refractivity contribution in [2.24, 2.45) is 27.9 Å². The maximum atomic E-state index is 12.4. The van der Waals surface area contributed by atoms with Crippen molar-refractivity contribution in [2.45, 2.75) is 50.4 Å². The van der Waals surface area contributed by atoms with Gasteiger partial charge in [-0.05, 0) is 19.8 Å². The van der Waals surface area contributed by atoms with Gasteiger partial charge in [-0.3, -0.25) is 24.2 Å². The molecule has 0 heterocycles. The van der Waals surface area contributed by atoms with Crippen molar-refractivity contribution < 1.29 is 34.2 Å². The molecule has 31 heavy (non-hydrogen) atoms. The molecular weight excluding hydrogens is 416 g/mol. The normalized spacial score (nSPS) is 14.3. The number of aliphatic carboxylic acids is 1. The fourth-order valence-corrected chi connectivity index (χ4v) is 2.20. The highest BCUT2D eigenvalue weighted by atomic mass is 16.4. The predicted molar refractivity (Wildman–Crippen MR) is 108 cm³/mol. The average molecular weight is 446 g/mol. The number of guanidine groups is 1. The molecule has 0 aliphatic heterocycles. The molecule has 13 N–H and O–H groups in total. The van der Waals surface area contributed by atoms with Crippen LogP contribution in [0.25, 0.3) is 0 Å². The van der Waals surface area contributed by atoms with E-state index < -0.39 is 66.8 Å². The number of nitrogens with two attached hydrogens (primary N) is 4. The Kier molecular flexibility index (Phi) is 12.2. The van der Waals surface area contributed by atoms with Crippen molar-refractivity contribution in [3.63, 3.8) is 0 Å². The first kappa shape index (κ1) is 27.5. The Morgan fingerprint density at radius 3 is 2.10 bits per heavy atom. The van der Waals surface area contributed by atoms with Crippen LogP contribution in [-0.4, -0.2) is 83.1 Å². The van der Waals surface area contributed by atoms with Gasteiger partial charge in [-0.2, -0.15) is 0 Å². The molecule has 0 saturated heterocycles. The van der Waals surface area contributed by atoms with E-state index in [2.05, 4.69) is 15.6 Å². The maximum absolute atomic E-state index is 12.4. The van der Waals surface area contributed by atoms with Crippen LogP contribution in [-0.2, 0) is 24.0 Å². The number of hydrogen-bond donors (Lipinski definition) is 9. The number of nitrogens with one attached hydrogen (secondary N) is 3. The molecule has 0 aliphatic carbocycles. The van der Waals surface area contributed by atoms with Gasteiger partial charge < -0.3 is 49.1 Å². The van der Waals surface area contributed by atoms with Crippen molar-refractivity contribution in [2.75, 3.05) is 13.1 Å². The summed E-state index contributed by atoms with van der Waals surface area (Å²) >= 11 is 0. The van der Waals surface area contributed by atoms with Crippen molar-refractivity contribution in [1.82, 2.24) is 16.0 Å². The number of aliphatic hydroxyl groups excluding tert-OH is 1. The molecule has 4 unspecified atom stereocenters. The summed E-state index contributed by atoms with van der Waals surface area (Å²) in [6.07, 6.45) is -1.45. The number of carbonyl (C=O) groups is 5. The number of aliphatic imine (C=N–C) groups is 1. The summed E-state index contributed by atoms with van der Waals surface area (Å²) in [6, 6.07) is -3.98. The van der Waals surface area contributed by atoms with Gasteiger partial charge in [-0.1, -0.05) is 0 Å². The van der Waals surface area contributed by atoms with E-state index in [4.69, 9.17) is 28.0 Å². The molecule has 0 rings (SSSR count). The van der Waals surface area contributed by atoms with Crippen molar-refractivity contribution in [3.8, 4) is 0 Å². The van der Waals surface area contributed by atoms with Crippen LogP contribution < -0.4 is 38.9 Å². The van der Waals surface area contributed by atoms with Gasteiger partial charge in [0.05, 0.1) is 19.1 Å². The lowest BCUT2D eigenvalue weighted by Crippen LogP contribution is -2.55. The van der Waals surface area contributed by atoms with E-state index in [0.29, 0.717) is 0 Å². The van der Waals surface area contributed by atoms with Crippen LogP contribution in [0.4, 0.5) is 0 Å². The van der Waals surface area contributed by atoms with E-state index in [1.807, 2.05) is 5.32 Å². The number of rotatable bonds is 14. The molecule has 0 saturated carbocycles. The molecular formula is C16H30N8O7. The molecule has 15 nitrogen and oxygen atoms in total. The smallest absolute Gasteiger partial charge is 0.326 e. The molecule has 0 radical (unpaired) electrons. The summed E-state index contributed by atoms with van der Waals surface area (Å²) in [6.45, 7) is 0.829. The van der Waals surface area contributed by atoms with Crippen molar-refractivity contribution >= 4 is 35.6 Å². The molecule has 0 bridgehead atoms. The van der Waals surface area contributed by atoms with E-state index in [9.17, 15) is 29.1 Å². The van der Waals surface area contributed by atoms with E-state index in [0.717, 1.165) is 0 Å². The molecule has 0 aliphatic rings. The summed E-state index contributed by atoms with van der Waals surface area (Å²) < 4.78 is 0. The molecule has 0 aromatic rings. The molecule has 0 fully saturated rings. The lowest BCUT2D eigenvalue weighted by Gasteiger charge is -2.21. The number of nitrogens with zero attached hydrogens (tertiary/aromatic N) is 1. The highest BCUT2D eigenvalue weighted by molar-refractivity contribution is 5.93. The zero-order valence-corrected chi connectivity index (χ0v) is 17.0. The van der Waals surface area contributed by atoms with Gasteiger partial charge in [-0.15, -0.1) is 0 Å². The second-order valence-electron chi connectivity index (χ2n) is 6.62. The number of primary amides is 1. The van der Waals surface area contributed by atoms with Crippen LogP contribution in [0.2, 0.25) is 0 Å². The summed E-state index contributed by atoms with van der Waals surface area (Å²) in [5.41, 5.74) is 20.9. The van der Waals surface area contributed by atoms with Gasteiger partial charge in [0.15, 0.2) is 5.96 Å². The van der Waals surface area contributed by atoms with Gasteiger partial charge in [-0.25, -0.2) is 4.79 Å². The highest BCUT2D eigenvalue weighted by Gasteiger charge is 2.27. The average Bonchev–Trinajstić information content (AvgIpc) is 2.66. The van der Waals surface area contributed by atoms with Crippen LogP contribution in [0, 0.1) is 0 Å². The third-order valence-electron chi connectivity index (χ3n) is 3.86. The first-order chi connectivity index (χ1) is 14.3. The zero-order chi connectivity index (χ0) is 24.1. The van der Waals surface area contributed by atoms with E-state index in [-0.39, 0.29) is 25.3 Å². The molecule has 0 aromatic carbocycles. The van der Waals surface area contributed by atoms with Crippen LogP contribution in [0.1, 0.15) is 26.2 Å². The Morgan fingerprint density at radius 1 is 1.00 bits per heavy atom. The molecule has 176 valence electrons. The van der Waals surface area contributed by atoms with Crippen LogP contribution in [0.5, 0.6) is 0 Å². The lowest BCUT2D eigenvalue weighted by atomic mass is 10.1. The third-order valence-corrected chi connectivity index (χ3v) is 3.86. The number of carbonyl (C=O) groups excluding carboxylic acids is 4. The Labute approximate surface area is 178 Å². The molecule has 4 atom stereocenters. The van der Waals surface area contributed by atoms with Crippen LogP contribution in [0.3, 0.4) is 0 Å². The van der Waals surface area contributed by atoms with Gasteiger partial charge >= 0.3 is 5.97 Å². The van der Waals surface area contributed by atoms with E-state index >= 15 is 0 Å². The first-order valence-electron chi connectivity index (χ1n) is 9.22. The third kappa shape index (κ3) is 12.0.